The molecule has 0 aromatic rings. The van der Waals surface area contributed by atoms with Gasteiger partial charge in [-0.2, -0.15) is 13.2 Å². The normalized spacial score (nSPS) is 25.6. The van der Waals surface area contributed by atoms with Crippen molar-refractivity contribution >= 4 is 5.91 Å². The summed E-state index contributed by atoms with van der Waals surface area (Å²) in [5, 5.41) is 4.88. The van der Waals surface area contributed by atoms with Crippen LogP contribution in [0.4, 0.5) is 13.2 Å². The van der Waals surface area contributed by atoms with Gasteiger partial charge in [0.2, 0.25) is 5.91 Å². The predicted octanol–water partition coefficient (Wildman–Crippen LogP) is 0.679. The first-order valence-electron chi connectivity index (χ1n) is 5.54. The molecule has 0 spiro atoms. The summed E-state index contributed by atoms with van der Waals surface area (Å²) >= 11 is 0. The van der Waals surface area contributed by atoms with Crippen LogP contribution in [-0.4, -0.2) is 44.4 Å². The van der Waals surface area contributed by atoms with Crippen molar-refractivity contribution in [1.29, 1.82) is 0 Å². The van der Waals surface area contributed by atoms with Crippen LogP contribution in [0.1, 0.15) is 13.3 Å². The Labute approximate surface area is 97.9 Å². The molecule has 0 aliphatic carbocycles. The smallest absolute Gasteiger partial charge is 0.367 e. The molecule has 1 rings (SSSR count). The van der Waals surface area contributed by atoms with Crippen molar-refractivity contribution in [2.75, 3.05) is 26.2 Å². The van der Waals surface area contributed by atoms with Gasteiger partial charge in [0.05, 0.1) is 6.10 Å². The minimum absolute atomic E-state index is 0.111. The number of piperidine rings is 1. The number of halogens is 3. The predicted molar refractivity (Wildman–Crippen MR) is 55.5 cm³/mol. The summed E-state index contributed by atoms with van der Waals surface area (Å²) < 4.78 is 40.7. The lowest BCUT2D eigenvalue weighted by Crippen LogP contribution is -2.43. The first-order chi connectivity index (χ1) is 7.88. The van der Waals surface area contributed by atoms with Gasteiger partial charge < -0.3 is 15.4 Å². The molecule has 7 heteroatoms. The van der Waals surface area contributed by atoms with E-state index in [1.165, 1.54) is 0 Å². The minimum atomic E-state index is -4.38. The van der Waals surface area contributed by atoms with E-state index in [2.05, 4.69) is 5.32 Å². The maximum atomic E-state index is 11.8. The van der Waals surface area contributed by atoms with Crippen LogP contribution in [0.15, 0.2) is 0 Å². The maximum Gasteiger partial charge on any atom is 0.405 e. The largest absolute Gasteiger partial charge is 0.405 e. The molecule has 0 radical (unpaired) electrons. The number of hydrogen-bond acceptors (Lipinski definition) is 3. The van der Waals surface area contributed by atoms with Crippen LogP contribution in [0.25, 0.3) is 0 Å². The molecule has 0 aromatic heterocycles. The van der Waals surface area contributed by atoms with Crippen LogP contribution in [0, 0.1) is 5.92 Å². The van der Waals surface area contributed by atoms with E-state index >= 15 is 0 Å². The summed E-state index contributed by atoms with van der Waals surface area (Å²) in [4.78, 5) is 11.1. The summed E-state index contributed by atoms with van der Waals surface area (Å²) in [6.45, 7) is 1.90. The van der Waals surface area contributed by atoms with Crippen LogP contribution in [0.2, 0.25) is 0 Å². The second-order valence-corrected chi connectivity index (χ2v) is 4.21. The fraction of sp³-hybridized carbons (Fsp3) is 0.900. The summed E-state index contributed by atoms with van der Waals surface area (Å²) in [5.41, 5.74) is 0. The molecule has 1 amide bonds. The number of carbonyl (C=O) groups excluding carboxylic acids is 1. The van der Waals surface area contributed by atoms with E-state index < -0.39 is 18.6 Å². The number of ether oxygens (including phenoxy) is 1. The first kappa shape index (κ1) is 14.2. The molecule has 1 aliphatic heterocycles. The molecule has 1 heterocycles. The van der Waals surface area contributed by atoms with E-state index in [1.54, 1.807) is 5.32 Å². The third kappa shape index (κ3) is 5.88. The molecule has 2 atom stereocenters. The van der Waals surface area contributed by atoms with Gasteiger partial charge in [0, 0.05) is 6.54 Å². The van der Waals surface area contributed by atoms with E-state index in [1.807, 2.05) is 6.92 Å². The summed E-state index contributed by atoms with van der Waals surface area (Å²) in [6.07, 6.45) is -3.55. The molecule has 100 valence electrons. The Morgan fingerprint density at radius 2 is 2.24 bits per heavy atom. The Kier molecular flexibility index (Phi) is 5.20. The van der Waals surface area contributed by atoms with E-state index in [0.717, 1.165) is 13.0 Å². The van der Waals surface area contributed by atoms with Gasteiger partial charge in [-0.3, -0.25) is 4.79 Å². The monoisotopic (exact) mass is 254 g/mol. The lowest BCUT2D eigenvalue weighted by molar-refractivity contribution is -0.143. The van der Waals surface area contributed by atoms with Gasteiger partial charge >= 0.3 is 6.18 Å². The van der Waals surface area contributed by atoms with E-state index in [4.69, 9.17) is 4.74 Å². The molecule has 1 fully saturated rings. The molecule has 17 heavy (non-hydrogen) atoms. The van der Waals surface area contributed by atoms with Gasteiger partial charge in [-0.15, -0.1) is 0 Å². The second-order valence-electron chi connectivity index (χ2n) is 4.21. The van der Waals surface area contributed by atoms with Gasteiger partial charge in [-0.05, 0) is 18.9 Å². The van der Waals surface area contributed by atoms with Crippen molar-refractivity contribution in [3.05, 3.63) is 0 Å². The zero-order valence-corrected chi connectivity index (χ0v) is 9.64. The van der Waals surface area contributed by atoms with Crippen LogP contribution in [0.3, 0.4) is 0 Å². The third-order valence-electron chi connectivity index (χ3n) is 2.67. The van der Waals surface area contributed by atoms with Crippen LogP contribution in [0.5, 0.6) is 0 Å². The lowest BCUT2D eigenvalue weighted by Gasteiger charge is -2.29. The Balaban J connectivity index is 2.19. The number of rotatable bonds is 4. The van der Waals surface area contributed by atoms with Gasteiger partial charge in [0.15, 0.2) is 0 Å². The molecule has 2 unspecified atom stereocenters. The quantitative estimate of drug-likeness (QED) is 0.775. The number of alkyl halides is 3. The topological polar surface area (TPSA) is 50.4 Å². The Morgan fingerprint density at radius 3 is 2.82 bits per heavy atom. The highest BCUT2D eigenvalue weighted by Crippen LogP contribution is 2.14. The fourth-order valence-corrected chi connectivity index (χ4v) is 1.62. The molecular formula is C10H17F3N2O2. The highest BCUT2D eigenvalue weighted by molar-refractivity contribution is 5.77. The van der Waals surface area contributed by atoms with Crippen LogP contribution < -0.4 is 10.6 Å². The zero-order chi connectivity index (χ0) is 12.9. The second kappa shape index (κ2) is 6.20. The van der Waals surface area contributed by atoms with Crippen molar-refractivity contribution in [1.82, 2.24) is 10.6 Å². The van der Waals surface area contributed by atoms with Gasteiger partial charge in [-0.1, -0.05) is 6.92 Å². The highest BCUT2D eigenvalue weighted by atomic mass is 19.4. The Bertz CT molecular complexity index is 258. The van der Waals surface area contributed by atoms with E-state index in [0.29, 0.717) is 12.5 Å². The number of amides is 1. The third-order valence-corrected chi connectivity index (χ3v) is 2.67. The van der Waals surface area contributed by atoms with Crippen molar-refractivity contribution in [2.24, 2.45) is 5.92 Å². The molecular weight excluding hydrogens is 237 g/mol. The SMILES string of the molecule is CC1CCNCC1OCC(=O)NCC(F)(F)F. The van der Waals surface area contributed by atoms with Crippen LogP contribution >= 0.6 is 0 Å². The van der Waals surface area contributed by atoms with E-state index in [-0.39, 0.29) is 12.7 Å². The molecule has 0 bridgehead atoms. The Hall–Kier alpha value is -0.820. The van der Waals surface area contributed by atoms with Crippen molar-refractivity contribution < 1.29 is 22.7 Å². The van der Waals surface area contributed by atoms with Gasteiger partial charge in [0.1, 0.15) is 13.2 Å². The van der Waals surface area contributed by atoms with Crippen molar-refractivity contribution in [2.45, 2.75) is 25.6 Å². The number of nitrogens with one attached hydrogen (secondary N) is 2. The molecule has 2 N–H and O–H groups in total. The highest BCUT2D eigenvalue weighted by Gasteiger charge is 2.28. The average Bonchev–Trinajstić information content (AvgIpc) is 2.24. The fourth-order valence-electron chi connectivity index (χ4n) is 1.62. The van der Waals surface area contributed by atoms with Crippen molar-refractivity contribution in [3.8, 4) is 0 Å². The average molecular weight is 254 g/mol. The van der Waals surface area contributed by atoms with Crippen LogP contribution in [-0.2, 0) is 9.53 Å². The maximum absolute atomic E-state index is 11.8. The van der Waals surface area contributed by atoms with Gasteiger partial charge in [0.25, 0.3) is 0 Å². The minimum Gasteiger partial charge on any atom is -0.367 e. The van der Waals surface area contributed by atoms with Gasteiger partial charge in [-0.25, -0.2) is 0 Å². The molecule has 0 saturated carbocycles. The summed E-state index contributed by atoms with van der Waals surface area (Å²) in [7, 11) is 0. The number of hydrogen-bond donors (Lipinski definition) is 2. The molecule has 4 nitrogen and oxygen atoms in total. The number of carbonyl (C=O) groups is 1. The Morgan fingerprint density at radius 1 is 1.53 bits per heavy atom. The summed E-state index contributed by atoms with van der Waals surface area (Å²) in [5.74, 6) is -0.424. The van der Waals surface area contributed by atoms with E-state index in [9.17, 15) is 18.0 Å². The van der Waals surface area contributed by atoms with Crippen molar-refractivity contribution in [3.63, 3.8) is 0 Å². The molecule has 0 aromatic carbocycles. The molecule has 1 saturated heterocycles. The molecule has 1 aliphatic rings. The first-order valence-corrected chi connectivity index (χ1v) is 5.54. The zero-order valence-electron chi connectivity index (χ0n) is 9.64. The summed E-state index contributed by atoms with van der Waals surface area (Å²) in [6, 6.07) is 0. The standard InChI is InChI=1S/C10H17F3N2O2/c1-7-2-3-14-4-8(7)17-5-9(16)15-6-10(11,12)13/h7-8,14H,2-6H2,1H3,(H,15,16). The lowest BCUT2D eigenvalue weighted by atomic mass is 9.97.